The van der Waals surface area contributed by atoms with Crippen molar-refractivity contribution in [1.29, 1.82) is 0 Å². The number of amides is 1. The highest BCUT2D eigenvalue weighted by atomic mass is 35.5. The minimum Gasteiger partial charge on any atom is -0.490 e. The highest BCUT2D eigenvalue weighted by Crippen LogP contribution is 2.37. The van der Waals surface area contributed by atoms with Gasteiger partial charge in [0, 0.05) is 31.7 Å². The number of nitrogens with zero attached hydrogens (tertiary/aromatic N) is 2. The van der Waals surface area contributed by atoms with Crippen LogP contribution in [0.4, 0.5) is 0 Å². The van der Waals surface area contributed by atoms with Crippen molar-refractivity contribution in [1.82, 2.24) is 9.80 Å². The van der Waals surface area contributed by atoms with Crippen LogP contribution in [0.2, 0.25) is 5.02 Å². The molecule has 0 bridgehead atoms. The minimum absolute atomic E-state index is 0.0196. The monoisotopic (exact) mass is 396 g/mol. The van der Waals surface area contributed by atoms with Crippen LogP contribution in [0.15, 0.2) is 12.1 Å². The van der Waals surface area contributed by atoms with E-state index in [0.29, 0.717) is 35.3 Å². The fourth-order valence-corrected chi connectivity index (χ4v) is 3.78. The second-order valence-electron chi connectivity index (χ2n) is 7.06. The van der Waals surface area contributed by atoms with Gasteiger partial charge >= 0.3 is 0 Å². The van der Waals surface area contributed by atoms with Gasteiger partial charge in [0.2, 0.25) is 0 Å². The maximum Gasteiger partial charge on any atom is 0.254 e. The molecule has 0 saturated carbocycles. The van der Waals surface area contributed by atoms with Crippen LogP contribution in [-0.4, -0.2) is 61.6 Å². The summed E-state index contributed by atoms with van der Waals surface area (Å²) in [5, 5.41) is 0.420. The Morgan fingerprint density at radius 2 is 1.89 bits per heavy atom. The highest BCUT2D eigenvalue weighted by molar-refractivity contribution is 6.32. The van der Waals surface area contributed by atoms with Gasteiger partial charge in [0.1, 0.15) is 0 Å². The summed E-state index contributed by atoms with van der Waals surface area (Å²) in [4.78, 5) is 17.4. The Labute approximate surface area is 168 Å². The van der Waals surface area contributed by atoms with E-state index in [4.69, 9.17) is 21.1 Å². The molecule has 1 fully saturated rings. The fourth-order valence-electron chi connectivity index (χ4n) is 3.51. The van der Waals surface area contributed by atoms with Crippen LogP contribution in [0.25, 0.3) is 0 Å². The molecule has 1 saturated heterocycles. The summed E-state index contributed by atoms with van der Waals surface area (Å²) in [5.74, 6) is 1.04. The van der Waals surface area contributed by atoms with E-state index in [-0.39, 0.29) is 11.9 Å². The lowest BCUT2D eigenvalue weighted by Gasteiger charge is -2.36. The van der Waals surface area contributed by atoms with E-state index in [9.17, 15) is 4.79 Å². The van der Waals surface area contributed by atoms with Crippen molar-refractivity contribution in [2.75, 3.05) is 39.9 Å². The first-order valence-electron chi connectivity index (χ1n) is 10.1. The second-order valence-corrected chi connectivity index (χ2v) is 7.46. The summed E-state index contributed by atoms with van der Waals surface area (Å²) in [5.41, 5.74) is 0.547. The van der Waals surface area contributed by atoms with E-state index < -0.39 is 0 Å². The standard InChI is InChI=1S/C21H33ClN2O3/c1-5-10-24-11-8-17(9-12-24)23(4)21(25)16-14-18(22)20(27-13-6-2)19(15-16)26-7-3/h14-15,17H,5-13H2,1-4H3. The lowest BCUT2D eigenvalue weighted by molar-refractivity contribution is 0.0642. The Bertz CT molecular complexity index is 616. The van der Waals surface area contributed by atoms with E-state index in [1.165, 1.54) is 6.42 Å². The van der Waals surface area contributed by atoms with Gasteiger partial charge in [0.25, 0.3) is 5.91 Å². The molecule has 0 aromatic heterocycles. The number of piperidine rings is 1. The molecule has 152 valence electrons. The number of likely N-dealkylation sites (tertiary alicyclic amines) is 1. The first kappa shape index (κ1) is 21.8. The Morgan fingerprint density at radius 1 is 1.19 bits per heavy atom. The number of hydrogen-bond donors (Lipinski definition) is 0. The average molecular weight is 397 g/mol. The van der Waals surface area contributed by atoms with Crippen molar-refractivity contribution < 1.29 is 14.3 Å². The molecule has 1 heterocycles. The summed E-state index contributed by atoms with van der Waals surface area (Å²) in [6.07, 6.45) is 4.06. The van der Waals surface area contributed by atoms with Crippen molar-refractivity contribution in [2.45, 2.75) is 52.5 Å². The van der Waals surface area contributed by atoms with Crippen molar-refractivity contribution in [3.63, 3.8) is 0 Å². The summed E-state index contributed by atoms with van der Waals surface area (Å²) >= 11 is 6.41. The van der Waals surface area contributed by atoms with Gasteiger partial charge in [0.15, 0.2) is 11.5 Å². The zero-order valence-electron chi connectivity index (χ0n) is 17.1. The van der Waals surface area contributed by atoms with Crippen LogP contribution < -0.4 is 9.47 Å². The molecule has 0 aliphatic carbocycles. The zero-order chi connectivity index (χ0) is 19.8. The summed E-state index contributed by atoms with van der Waals surface area (Å²) < 4.78 is 11.4. The molecule has 1 aromatic carbocycles. The summed E-state index contributed by atoms with van der Waals surface area (Å²) in [7, 11) is 1.89. The second kappa shape index (κ2) is 10.8. The van der Waals surface area contributed by atoms with Crippen LogP contribution in [0.3, 0.4) is 0 Å². The van der Waals surface area contributed by atoms with Crippen LogP contribution in [0, 0.1) is 0 Å². The van der Waals surface area contributed by atoms with E-state index >= 15 is 0 Å². The topological polar surface area (TPSA) is 42.0 Å². The van der Waals surface area contributed by atoms with Gasteiger partial charge in [-0.1, -0.05) is 25.4 Å². The molecule has 1 aromatic rings. The predicted octanol–water partition coefficient (Wildman–Crippen LogP) is 4.47. The molecular weight excluding hydrogens is 364 g/mol. The van der Waals surface area contributed by atoms with Crippen molar-refractivity contribution in [3.8, 4) is 11.5 Å². The van der Waals surface area contributed by atoms with Gasteiger partial charge < -0.3 is 19.3 Å². The molecule has 27 heavy (non-hydrogen) atoms. The van der Waals surface area contributed by atoms with Crippen LogP contribution in [-0.2, 0) is 0 Å². The minimum atomic E-state index is -0.0196. The number of halogens is 1. The lowest BCUT2D eigenvalue weighted by Crippen LogP contribution is -2.45. The van der Waals surface area contributed by atoms with Crippen molar-refractivity contribution in [3.05, 3.63) is 22.7 Å². The summed E-state index contributed by atoms with van der Waals surface area (Å²) in [6, 6.07) is 3.71. The number of benzene rings is 1. The first-order valence-corrected chi connectivity index (χ1v) is 10.5. The third kappa shape index (κ3) is 5.76. The number of hydrogen-bond acceptors (Lipinski definition) is 4. The molecule has 0 unspecified atom stereocenters. The van der Waals surface area contributed by atoms with Gasteiger partial charge in [-0.25, -0.2) is 0 Å². The van der Waals surface area contributed by atoms with Crippen LogP contribution in [0.1, 0.15) is 56.8 Å². The van der Waals surface area contributed by atoms with E-state index in [2.05, 4.69) is 11.8 Å². The average Bonchev–Trinajstić information content (AvgIpc) is 2.67. The zero-order valence-corrected chi connectivity index (χ0v) is 17.8. The van der Waals surface area contributed by atoms with Gasteiger partial charge in [-0.3, -0.25) is 4.79 Å². The molecule has 6 heteroatoms. The Kier molecular flexibility index (Phi) is 8.71. The lowest BCUT2D eigenvalue weighted by atomic mass is 10.0. The highest BCUT2D eigenvalue weighted by Gasteiger charge is 2.27. The van der Waals surface area contributed by atoms with Crippen LogP contribution in [0.5, 0.6) is 11.5 Å². The quantitative estimate of drug-likeness (QED) is 0.617. The summed E-state index contributed by atoms with van der Waals surface area (Å²) in [6.45, 7) is 10.4. The van der Waals surface area contributed by atoms with Gasteiger partial charge in [-0.2, -0.15) is 0 Å². The molecule has 0 N–H and O–H groups in total. The molecule has 5 nitrogen and oxygen atoms in total. The third-order valence-corrected chi connectivity index (χ3v) is 5.25. The van der Waals surface area contributed by atoms with E-state index in [0.717, 1.165) is 38.9 Å². The van der Waals surface area contributed by atoms with Crippen molar-refractivity contribution in [2.24, 2.45) is 0 Å². The van der Waals surface area contributed by atoms with Gasteiger partial charge in [-0.15, -0.1) is 0 Å². The molecule has 1 amide bonds. The molecular formula is C21H33ClN2O3. The molecule has 0 radical (unpaired) electrons. The van der Waals surface area contributed by atoms with Crippen LogP contribution >= 0.6 is 11.6 Å². The Morgan fingerprint density at radius 3 is 2.48 bits per heavy atom. The van der Waals surface area contributed by atoms with E-state index in [1.807, 2.05) is 25.8 Å². The molecule has 2 rings (SSSR count). The smallest absolute Gasteiger partial charge is 0.254 e. The van der Waals surface area contributed by atoms with Gasteiger partial charge in [0.05, 0.1) is 18.2 Å². The van der Waals surface area contributed by atoms with E-state index in [1.54, 1.807) is 12.1 Å². The van der Waals surface area contributed by atoms with Crippen molar-refractivity contribution >= 4 is 17.5 Å². The normalized spacial score (nSPS) is 15.6. The first-order chi connectivity index (χ1) is 13.0. The van der Waals surface area contributed by atoms with Gasteiger partial charge in [-0.05, 0) is 51.3 Å². The Balaban J connectivity index is 2.13. The predicted molar refractivity (Wildman–Crippen MR) is 110 cm³/mol. The Hall–Kier alpha value is -1.46. The number of ether oxygens (including phenoxy) is 2. The molecule has 0 spiro atoms. The third-order valence-electron chi connectivity index (χ3n) is 4.97. The molecule has 1 aliphatic heterocycles. The maximum absolute atomic E-state index is 13.0. The molecule has 1 aliphatic rings. The number of carbonyl (C=O) groups is 1. The maximum atomic E-state index is 13.0. The fraction of sp³-hybridized carbons (Fsp3) is 0.667. The molecule has 0 atom stereocenters. The number of carbonyl (C=O) groups excluding carboxylic acids is 1. The number of rotatable bonds is 9. The largest absolute Gasteiger partial charge is 0.490 e. The SMILES string of the molecule is CCCOc1c(Cl)cc(C(=O)N(C)C2CCN(CCC)CC2)cc1OCC.